The zero-order valence-electron chi connectivity index (χ0n) is 20.9. The predicted molar refractivity (Wildman–Crippen MR) is 154 cm³/mol. The van der Waals surface area contributed by atoms with Gasteiger partial charge >= 0.3 is 5.97 Å². The van der Waals surface area contributed by atoms with Crippen LogP contribution in [0.3, 0.4) is 0 Å². The van der Waals surface area contributed by atoms with Crippen molar-refractivity contribution in [3.8, 4) is 11.5 Å². The second-order valence-corrected chi connectivity index (χ2v) is 10.4. The van der Waals surface area contributed by atoms with Gasteiger partial charge in [-0.2, -0.15) is 0 Å². The van der Waals surface area contributed by atoms with Crippen LogP contribution in [0.1, 0.15) is 28.4 Å². The number of esters is 1. The van der Waals surface area contributed by atoms with Gasteiger partial charge in [0, 0.05) is 12.1 Å². The summed E-state index contributed by atoms with van der Waals surface area (Å²) in [7, 11) is 3.24. The van der Waals surface area contributed by atoms with E-state index in [0.717, 1.165) is 11.1 Å². The number of hydrogen-bond donors (Lipinski definition) is 0. The van der Waals surface area contributed by atoms with Crippen LogP contribution in [0.15, 0.2) is 75.0 Å². The molecular formula is C28H24BrClN2O5S. The van der Waals surface area contributed by atoms with Gasteiger partial charge in [0.05, 0.1) is 34.3 Å². The third-order valence-corrected chi connectivity index (χ3v) is 7.35. The minimum atomic E-state index is -0.387. The molecule has 7 nitrogen and oxygen atoms in total. The molecule has 1 amide bonds. The highest BCUT2D eigenvalue weighted by molar-refractivity contribution is 9.10. The number of methoxy groups -OCH3 is 1. The Hall–Kier alpha value is -3.27. The number of amides is 1. The molecule has 0 atom stereocenters. The van der Waals surface area contributed by atoms with E-state index in [1.165, 1.54) is 16.7 Å². The molecule has 1 aliphatic rings. The summed E-state index contributed by atoms with van der Waals surface area (Å²) in [6, 6.07) is 17.8. The van der Waals surface area contributed by atoms with Gasteiger partial charge in [0.2, 0.25) is 0 Å². The van der Waals surface area contributed by atoms with Gasteiger partial charge in [-0.1, -0.05) is 23.7 Å². The number of ether oxygens (including phenoxy) is 3. The molecule has 0 aliphatic carbocycles. The van der Waals surface area contributed by atoms with E-state index in [1.807, 2.05) is 36.4 Å². The van der Waals surface area contributed by atoms with Crippen LogP contribution in [0, 0.1) is 0 Å². The molecule has 4 rings (SSSR count). The topological polar surface area (TPSA) is 77.4 Å². The van der Waals surface area contributed by atoms with Crippen LogP contribution in [-0.4, -0.2) is 42.7 Å². The molecule has 3 aromatic carbocycles. The molecule has 0 aromatic heterocycles. The molecule has 0 spiro atoms. The van der Waals surface area contributed by atoms with E-state index in [1.54, 1.807) is 51.4 Å². The Morgan fingerprint density at radius 3 is 2.50 bits per heavy atom. The molecule has 0 N–H and O–H groups in total. The molecule has 3 aromatic rings. The first-order valence-corrected chi connectivity index (χ1v) is 13.6. The summed E-state index contributed by atoms with van der Waals surface area (Å²) < 4.78 is 17.3. The van der Waals surface area contributed by atoms with Gasteiger partial charge in [-0.15, -0.1) is 0 Å². The second kappa shape index (κ2) is 12.5. The standard InChI is InChI=1S/C28H24BrClN2O5S/c1-4-36-27(34)19-7-11-21(12-8-19)31-28-32(2)26(33)24(38-28)15-18-13-22(29)25(23(14-18)35-3)37-16-17-5-9-20(30)10-6-17/h5-15H,4,16H2,1-3H3/b24-15-,31-28?. The van der Waals surface area contributed by atoms with Gasteiger partial charge < -0.3 is 14.2 Å². The zero-order valence-corrected chi connectivity index (χ0v) is 24.0. The van der Waals surface area contributed by atoms with Crippen molar-refractivity contribution in [2.45, 2.75) is 13.5 Å². The number of carbonyl (C=O) groups excluding carboxylic acids is 2. The van der Waals surface area contributed by atoms with E-state index < -0.39 is 0 Å². The molecule has 1 heterocycles. The van der Waals surface area contributed by atoms with Crippen LogP contribution in [0.5, 0.6) is 11.5 Å². The lowest BCUT2D eigenvalue weighted by molar-refractivity contribution is -0.121. The molecule has 1 saturated heterocycles. The number of benzene rings is 3. The normalized spacial score (nSPS) is 15.3. The van der Waals surface area contributed by atoms with Crippen molar-refractivity contribution >= 4 is 68.1 Å². The maximum atomic E-state index is 12.9. The first-order valence-electron chi connectivity index (χ1n) is 11.6. The van der Waals surface area contributed by atoms with E-state index in [4.69, 9.17) is 25.8 Å². The van der Waals surface area contributed by atoms with Crippen molar-refractivity contribution in [1.82, 2.24) is 4.90 Å². The van der Waals surface area contributed by atoms with Crippen LogP contribution in [0.25, 0.3) is 6.08 Å². The molecule has 10 heteroatoms. The molecule has 1 aliphatic heterocycles. The number of aliphatic imine (C=N–C) groups is 1. The summed E-state index contributed by atoms with van der Waals surface area (Å²) in [6.07, 6.45) is 1.78. The minimum Gasteiger partial charge on any atom is -0.493 e. The van der Waals surface area contributed by atoms with E-state index >= 15 is 0 Å². The first-order chi connectivity index (χ1) is 18.3. The lowest BCUT2D eigenvalue weighted by Gasteiger charge is -2.14. The number of amidine groups is 1. The van der Waals surface area contributed by atoms with Crippen molar-refractivity contribution < 1.29 is 23.8 Å². The fourth-order valence-corrected chi connectivity index (χ4v) is 5.19. The third-order valence-electron chi connectivity index (χ3n) is 5.45. The monoisotopic (exact) mass is 614 g/mol. The molecule has 0 unspecified atom stereocenters. The predicted octanol–water partition coefficient (Wildman–Crippen LogP) is 7.10. The highest BCUT2D eigenvalue weighted by atomic mass is 79.9. The maximum Gasteiger partial charge on any atom is 0.338 e. The van der Waals surface area contributed by atoms with Crippen LogP contribution < -0.4 is 9.47 Å². The minimum absolute atomic E-state index is 0.171. The van der Waals surface area contributed by atoms with E-state index in [2.05, 4.69) is 20.9 Å². The molecule has 38 heavy (non-hydrogen) atoms. The molecule has 0 bridgehead atoms. The summed E-state index contributed by atoms with van der Waals surface area (Å²) in [4.78, 5) is 31.4. The van der Waals surface area contributed by atoms with E-state index in [0.29, 0.717) is 55.5 Å². The molecular weight excluding hydrogens is 592 g/mol. The number of rotatable bonds is 8. The van der Waals surface area contributed by atoms with Crippen LogP contribution in [0.2, 0.25) is 5.02 Å². The Morgan fingerprint density at radius 1 is 1.13 bits per heavy atom. The van der Waals surface area contributed by atoms with Gasteiger partial charge in [-0.05, 0) is 100 Å². The summed E-state index contributed by atoms with van der Waals surface area (Å²) in [5.74, 6) is 0.526. The molecule has 0 saturated carbocycles. The highest BCUT2D eigenvalue weighted by Crippen LogP contribution is 2.39. The van der Waals surface area contributed by atoms with Gasteiger partial charge in [0.15, 0.2) is 16.7 Å². The number of hydrogen-bond acceptors (Lipinski definition) is 7. The molecule has 196 valence electrons. The zero-order chi connectivity index (χ0) is 27.2. The number of nitrogens with zero attached hydrogens (tertiary/aromatic N) is 2. The summed E-state index contributed by atoms with van der Waals surface area (Å²) >= 11 is 10.8. The Kier molecular flexibility index (Phi) is 9.14. The van der Waals surface area contributed by atoms with Crippen molar-refractivity contribution in [3.63, 3.8) is 0 Å². The van der Waals surface area contributed by atoms with Gasteiger partial charge in [-0.3, -0.25) is 9.69 Å². The Balaban J connectivity index is 1.52. The van der Waals surface area contributed by atoms with Crippen LogP contribution in [0.4, 0.5) is 5.69 Å². The quantitative estimate of drug-likeness (QED) is 0.199. The SMILES string of the molecule is CCOC(=O)c1ccc(N=C2S/C(=C\c3cc(Br)c(OCc4ccc(Cl)cc4)c(OC)c3)C(=O)N2C)cc1. The number of halogens is 2. The fourth-order valence-electron chi connectivity index (χ4n) is 3.50. The average molecular weight is 616 g/mol. The second-order valence-electron chi connectivity index (χ2n) is 8.09. The van der Waals surface area contributed by atoms with Gasteiger partial charge in [0.25, 0.3) is 5.91 Å². The Bertz CT molecular complexity index is 1410. The average Bonchev–Trinajstić information content (AvgIpc) is 3.16. The molecule has 1 fully saturated rings. The number of carbonyl (C=O) groups is 2. The van der Waals surface area contributed by atoms with Gasteiger partial charge in [-0.25, -0.2) is 9.79 Å². The highest BCUT2D eigenvalue weighted by Gasteiger charge is 2.30. The smallest absolute Gasteiger partial charge is 0.338 e. The van der Waals surface area contributed by atoms with Crippen LogP contribution in [-0.2, 0) is 16.1 Å². The molecule has 0 radical (unpaired) electrons. The third kappa shape index (κ3) is 6.59. The largest absolute Gasteiger partial charge is 0.493 e. The maximum absolute atomic E-state index is 12.9. The number of likely N-dealkylation sites (N-methyl/N-ethyl adjacent to an activating group) is 1. The van der Waals surface area contributed by atoms with E-state index in [-0.39, 0.29) is 11.9 Å². The van der Waals surface area contributed by atoms with Crippen molar-refractivity contribution in [3.05, 3.63) is 91.8 Å². The van der Waals surface area contributed by atoms with Crippen molar-refractivity contribution in [2.24, 2.45) is 4.99 Å². The van der Waals surface area contributed by atoms with Crippen LogP contribution >= 0.6 is 39.3 Å². The summed E-state index contributed by atoms with van der Waals surface area (Å²) in [5.41, 5.74) is 2.79. The van der Waals surface area contributed by atoms with E-state index in [9.17, 15) is 9.59 Å². The fraction of sp³-hybridized carbons (Fsp3) is 0.179. The van der Waals surface area contributed by atoms with Gasteiger partial charge in [0.1, 0.15) is 6.61 Å². The first kappa shape index (κ1) is 27.8. The lowest BCUT2D eigenvalue weighted by Crippen LogP contribution is -2.23. The number of thioether (sulfide) groups is 1. The Morgan fingerprint density at radius 2 is 1.84 bits per heavy atom. The summed E-state index contributed by atoms with van der Waals surface area (Å²) in [5, 5.41) is 1.19. The Labute approximate surface area is 238 Å². The summed E-state index contributed by atoms with van der Waals surface area (Å²) in [6.45, 7) is 2.41. The van der Waals surface area contributed by atoms with Crippen molar-refractivity contribution in [1.29, 1.82) is 0 Å². The lowest BCUT2D eigenvalue weighted by atomic mass is 10.1. The van der Waals surface area contributed by atoms with Crippen molar-refractivity contribution in [2.75, 3.05) is 20.8 Å².